The number of amides is 1. The van der Waals surface area contributed by atoms with Gasteiger partial charge in [0.25, 0.3) is 0 Å². The molecule has 1 heterocycles. The van der Waals surface area contributed by atoms with Crippen molar-refractivity contribution in [3.63, 3.8) is 0 Å². The molecule has 17 heavy (non-hydrogen) atoms. The summed E-state index contributed by atoms with van der Waals surface area (Å²) < 4.78 is 0. The summed E-state index contributed by atoms with van der Waals surface area (Å²) in [6, 6.07) is 5.96. The van der Waals surface area contributed by atoms with Gasteiger partial charge in [0.1, 0.15) is 0 Å². The second kappa shape index (κ2) is 4.75. The van der Waals surface area contributed by atoms with Crippen molar-refractivity contribution in [2.75, 3.05) is 23.8 Å². The van der Waals surface area contributed by atoms with Crippen LogP contribution in [0.2, 0.25) is 0 Å². The van der Waals surface area contributed by atoms with Crippen LogP contribution in [0.1, 0.15) is 18.9 Å². The topological polar surface area (TPSA) is 58.4 Å². The summed E-state index contributed by atoms with van der Waals surface area (Å²) in [4.78, 5) is 13.8. The Morgan fingerprint density at radius 3 is 3.06 bits per heavy atom. The zero-order valence-electron chi connectivity index (χ0n) is 10.4. The van der Waals surface area contributed by atoms with Crippen molar-refractivity contribution in [3.8, 4) is 0 Å². The fraction of sp³-hybridized carbons (Fsp3) is 0.462. The molecule has 4 nitrogen and oxygen atoms in total. The third-order valence-corrected chi connectivity index (χ3v) is 3.00. The molecule has 1 aliphatic heterocycles. The van der Waals surface area contributed by atoms with E-state index in [1.165, 1.54) is 11.3 Å². The first-order valence-corrected chi connectivity index (χ1v) is 5.96. The Bertz CT molecular complexity index is 429. The van der Waals surface area contributed by atoms with Crippen LogP contribution in [0.4, 0.5) is 11.4 Å². The van der Waals surface area contributed by atoms with Gasteiger partial charge in [-0.3, -0.25) is 4.79 Å². The van der Waals surface area contributed by atoms with Crippen LogP contribution < -0.4 is 16.0 Å². The maximum absolute atomic E-state index is 11.6. The number of rotatable bonds is 3. The normalized spacial score (nSPS) is 15.6. The van der Waals surface area contributed by atoms with Crippen LogP contribution in [0.3, 0.4) is 0 Å². The number of likely N-dealkylation sites (N-methyl/N-ethyl adjacent to an activating group) is 1. The van der Waals surface area contributed by atoms with E-state index < -0.39 is 0 Å². The second-order valence-corrected chi connectivity index (χ2v) is 4.74. The van der Waals surface area contributed by atoms with Gasteiger partial charge in [0.05, 0.1) is 0 Å². The molecule has 1 atom stereocenters. The molecular formula is C13H19N3O. The number of nitrogens with one attached hydrogen (secondary N) is 1. The Balaban J connectivity index is 2.08. The Hall–Kier alpha value is -1.55. The molecule has 0 radical (unpaired) electrons. The number of hydrogen-bond donors (Lipinski definition) is 2. The number of nitrogens with zero attached hydrogens (tertiary/aromatic N) is 1. The smallest absolute Gasteiger partial charge is 0.225 e. The molecule has 1 aromatic carbocycles. The van der Waals surface area contributed by atoms with Gasteiger partial charge in [-0.15, -0.1) is 0 Å². The van der Waals surface area contributed by atoms with Gasteiger partial charge in [-0.2, -0.15) is 0 Å². The first-order chi connectivity index (χ1) is 8.06. The van der Waals surface area contributed by atoms with E-state index in [0.717, 1.165) is 18.7 Å². The van der Waals surface area contributed by atoms with Crippen LogP contribution in [-0.2, 0) is 11.2 Å². The Kier molecular flexibility index (Phi) is 3.33. The first kappa shape index (κ1) is 11.9. The van der Waals surface area contributed by atoms with Gasteiger partial charge in [-0.1, -0.05) is 6.07 Å². The summed E-state index contributed by atoms with van der Waals surface area (Å²) in [5, 5.41) is 2.88. The lowest BCUT2D eigenvalue weighted by atomic mass is 10.1. The predicted octanol–water partition coefficient (Wildman–Crippen LogP) is 1.35. The molecule has 0 bridgehead atoms. The molecule has 1 aromatic rings. The Morgan fingerprint density at radius 1 is 1.59 bits per heavy atom. The highest BCUT2D eigenvalue weighted by molar-refractivity contribution is 5.91. The standard InChI is InChI=1S/C13H19N3O/c1-9(14)7-13(17)15-11-4-3-10-5-6-16(2)12(10)8-11/h3-4,8-9H,5-7,14H2,1-2H3,(H,15,17). The van der Waals surface area contributed by atoms with E-state index in [1.807, 2.05) is 19.1 Å². The molecule has 3 N–H and O–H groups in total. The Labute approximate surface area is 102 Å². The minimum absolute atomic E-state index is 0.0272. The monoisotopic (exact) mass is 233 g/mol. The van der Waals surface area contributed by atoms with Crippen LogP contribution in [-0.4, -0.2) is 25.5 Å². The molecule has 0 fully saturated rings. The largest absolute Gasteiger partial charge is 0.374 e. The fourth-order valence-corrected chi connectivity index (χ4v) is 2.12. The number of carbonyl (C=O) groups is 1. The zero-order valence-corrected chi connectivity index (χ0v) is 10.4. The third-order valence-electron chi connectivity index (χ3n) is 3.00. The lowest BCUT2D eigenvalue weighted by Gasteiger charge is -2.14. The van der Waals surface area contributed by atoms with E-state index in [0.29, 0.717) is 6.42 Å². The summed E-state index contributed by atoms with van der Waals surface area (Å²) >= 11 is 0. The molecule has 2 rings (SSSR count). The SMILES string of the molecule is CC(N)CC(=O)Nc1ccc2c(c1)N(C)CC2. The highest BCUT2D eigenvalue weighted by atomic mass is 16.1. The first-order valence-electron chi connectivity index (χ1n) is 5.96. The minimum Gasteiger partial charge on any atom is -0.374 e. The quantitative estimate of drug-likeness (QED) is 0.828. The average molecular weight is 233 g/mol. The molecule has 1 unspecified atom stereocenters. The lowest BCUT2D eigenvalue weighted by Crippen LogP contribution is -2.24. The molecule has 0 spiro atoms. The van der Waals surface area contributed by atoms with Crippen LogP contribution in [0.5, 0.6) is 0 Å². The molecule has 0 aromatic heterocycles. The van der Waals surface area contributed by atoms with E-state index in [4.69, 9.17) is 5.73 Å². The summed E-state index contributed by atoms with van der Waals surface area (Å²) in [7, 11) is 2.07. The second-order valence-electron chi connectivity index (χ2n) is 4.74. The zero-order chi connectivity index (χ0) is 12.4. The number of carbonyl (C=O) groups excluding carboxylic acids is 1. The molecule has 1 aliphatic rings. The van der Waals surface area contributed by atoms with Crippen molar-refractivity contribution in [2.24, 2.45) is 5.73 Å². The average Bonchev–Trinajstić information content (AvgIpc) is 2.59. The molecule has 0 saturated carbocycles. The highest BCUT2D eigenvalue weighted by Crippen LogP contribution is 2.29. The third kappa shape index (κ3) is 2.77. The van der Waals surface area contributed by atoms with Crippen LogP contribution >= 0.6 is 0 Å². The molecule has 92 valence electrons. The van der Waals surface area contributed by atoms with E-state index in [1.54, 1.807) is 0 Å². The maximum Gasteiger partial charge on any atom is 0.225 e. The van der Waals surface area contributed by atoms with Gasteiger partial charge >= 0.3 is 0 Å². The van der Waals surface area contributed by atoms with Crippen molar-refractivity contribution in [3.05, 3.63) is 23.8 Å². The van der Waals surface area contributed by atoms with Gasteiger partial charge in [0, 0.05) is 37.4 Å². The van der Waals surface area contributed by atoms with Gasteiger partial charge in [-0.25, -0.2) is 0 Å². The van der Waals surface area contributed by atoms with Crippen molar-refractivity contribution in [2.45, 2.75) is 25.8 Å². The predicted molar refractivity (Wildman–Crippen MR) is 70.3 cm³/mol. The van der Waals surface area contributed by atoms with Gasteiger partial charge in [-0.05, 0) is 31.0 Å². The molecule has 1 amide bonds. The summed E-state index contributed by atoms with van der Waals surface area (Å²) in [5.41, 5.74) is 9.00. The number of fused-ring (bicyclic) bond motifs is 1. The number of anilines is 2. The van der Waals surface area contributed by atoms with Crippen molar-refractivity contribution < 1.29 is 4.79 Å². The molecule has 0 aliphatic carbocycles. The van der Waals surface area contributed by atoms with Gasteiger partial charge < -0.3 is 16.0 Å². The summed E-state index contributed by atoms with van der Waals surface area (Å²) in [6.07, 6.45) is 1.44. The maximum atomic E-state index is 11.6. The van der Waals surface area contributed by atoms with E-state index in [2.05, 4.69) is 23.3 Å². The van der Waals surface area contributed by atoms with E-state index >= 15 is 0 Å². The molecular weight excluding hydrogens is 214 g/mol. The van der Waals surface area contributed by atoms with Crippen molar-refractivity contribution in [1.82, 2.24) is 0 Å². The minimum atomic E-state index is -0.105. The van der Waals surface area contributed by atoms with Crippen LogP contribution in [0.25, 0.3) is 0 Å². The molecule has 0 saturated heterocycles. The van der Waals surface area contributed by atoms with Gasteiger partial charge in [0.2, 0.25) is 5.91 Å². The number of benzene rings is 1. The fourth-order valence-electron chi connectivity index (χ4n) is 2.12. The molecule has 4 heteroatoms. The van der Waals surface area contributed by atoms with Crippen molar-refractivity contribution in [1.29, 1.82) is 0 Å². The summed E-state index contributed by atoms with van der Waals surface area (Å²) in [5.74, 6) is -0.0272. The lowest BCUT2D eigenvalue weighted by molar-refractivity contribution is -0.116. The van der Waals surface area contributed by atoms with E-state index in [9.17, 15) is 4.79 Å². The van der Waals surface area contributed by atoms with Crippen molar-refractivity contribution >= 4 is 17.3 Å². The van der Waals surface area contributed by atoms with Gasteiger partial charge in [0.15, 0.2) is 0 Å². The van der Waals surface area contributed by atoms with Crippen LogP contribution in [0.15, 0.2) is 18.2 Å². The van der Waals surface area contributed by atoms with E-state index in [-0.39, 0.29) is 11.9 Å². The number of nitrogens with two attached hydrogens (primary N) is 1. The number of hydrogen-bond acceptors (Lipinski definition) is 3. The summed E-state index contributed by atoms with van der Waals surface area (Å²) in [6.45, 7) is 2.88. The van der Waals surface area contributed by atoms with Crippen LogP contribution in [0, 0.1) is 0 Å². The highest BCUT2D eigenvalue weighted by Gasteiger charge is 2.16. The Morgan fingerprint density at radius 2 is 2.35 bits per heavy atom.